The SMILES string of the molecule is COc1ccccc1-c1nnc(SC(C)C(=O)Nc2cccc(C#N)c2)n1-c1ccc(C)cc1. The number of ether oxygens (including phenoxy) is 1. The molecular weight excluding hydrogens is 446 g/mol. The molecule has 7 nitrogen and oxygen atoms in total. The van der Waals surface area contributed by atoms with Gasteiger partial charge in [-0.2, -0.15) is 5.26 Å². The molecule has 34 heavy (non-hydrogen) atoms. The van der Waals surface area contributed by atoms with Crippen molar-refractivity contribution in [2.75, 3.05) is 12.4 Å². The summed E-state index contributed by atoms with van der Waals surface area (Å²) in [7, 11) is 1.62. The minimum Gasteiger partial charge on any atom is -0.496 e. The molecule has 0 aliphatic carbocycles. The highest BCUT2D eigenvalue weighted by atomic mass is 32.2. The molecule has 1 N–H and O–H groups in total. The number of carbonyl (C=O) groups excluding carboxylic acids is 1. The van der Waals surface area contributed by atoms with Gasteiger partial charge in [-0.3, -0.25) is 9.36 Å². The summed E-state index contributed by atoms with van der Waals surface area (Å²) in [4.78, 5) is 12.9. The Morgan fingerprint density at radius 3 is 2.59 bits per heavy atom. The van der Waals surface area contributed by atoms with Crippen LogP contribution >= 0.6 is 11.8 Å². The average molecular weight is 470 g/mol. The van der Waals surface area contributed by atoms with Crippen LogP contribution in [0.5, 0.6) is 5.75 Å². The number of amides is 1. The molecule has 1 amide bonds. The first-order valence-corrected chi connectivity index (χ1v) is 11.5. The summed E-state index contributed by atoms with van der Waals surface area (Å²) in [5.41, 5.74) is 3.88. The van der Waals surface area contributed by atoms with Crippen LogP contribution in [0.25, 0.3) is 17.1 Å². The first kappa shape index (κ1) is 23.1. The molecule has 0 saturated heterocycles. The Morgan fingerprint density at radius 1 is 1.09 bits per heavy atom. The number of aryl methyl sites for hydroxylation is 1. The van der Waals surface area contributed by atoms with E-state index in [0.717, 1.165) is 16.8 Å². The van der Waals surface area contributed by atoms with Crippen molar-refractivity contribution in [3.63, 3.8) is 0 Å². The number of carbonyl (C=O) groups is 1. The lowest BCUT2D eigenvalue weighted by molar-refractivity contribution is -0.115. The molecule has 1 unspecified atom stereocenters. The normalized spacial score (nSPS) is 11.5. The number of nitrogens with one attached hydrogen (secondary N) is 1. The summed E-state index contributed by atoms with van der Waals surface area (Å²) < 4.78 is 7.48. The minimum absolute atomic E-state index is 0.197. The number of anilines is 1. The van der Waals surface area contributed by atoms with E-state index in [2.05, 4.69) is 21.6 Å². The Hall–Kier alpha value is -4.09. The van der Waals surface area contributed by atoms with E-state index in [9.17, 15) is 4.79 Å². The van der Waals surface area contributed by atoms with Crippen molar-refractivity contribution in [3.8, 4) is 28.9 Å². The van der Waals surface area contributed by atoms with E-state index in [4.69, 9.17) is 10.00 Å². The lowest BCUT2D eigenvalue weighted by atomic mass is 10.1. The Kier molecular flexibility index (Phi) is 6.95. The number of thioether (sulfide) groups is 1. The Morgan fingerprint density at radius 2 is 1.85 bits per heavy atom. The average Bonchev–Trinajstić information content (AvgIpc) is 3.27. The fourth-order valence-corrected chi connectivity index (χ4v) is 4.27. The summed E-state index contributed by atoms with van der Waals surface area (Å²) >= 11 is 1.31. The van der Waals surface area contributed by atoms with Crippen LogP contribution in [0.15, 0.2) is 78.0 Å². The second-order valence-corrected chi connectivity index (χ2v) is 8.93. The fourth-order valence-electron chi connectivity index (χ4n) is 3.40. The number of rotatable bonds is 7. The van der Waals surface area contributed by atoms with Crippen molar-refractivity contribution >= 4 is 23.4 Å². The topological polar surface area (TPSA) is 92.8 Å². The van der Waals surface area contributed by atoms with Crippen LogP contribution in [0.2, 0.25) is 0 Å². The second-order valence-electron chi connectivity index (χ2n) is 7.62. The molecule has 170 valence electrons. The molecule has 0 bridgehead atoms. The van der Waals surface area contributed by atoms with Gasteiger partial charge in [0.2, 0.25) is 5.91 Å². The molecule has 0 aliphatic heterocycles. The lowest BCUT2D eigenvalue weighted by Gasteiger charge is -2.15. The quantitative estimate of drug-likeness (QED) is 0.372. The van der Waals surface area contributed by atoms with Gasteiger partial charge in [-0.1, -0.05) is 47.7 Å². The van der Waals surface area contributed by atoms with Crippen LogP contribution in [0, 0.1) is 18.3 Å². The van der Waals surface area contributed by atoms with E-state index in [0.29, 0.717) is 28.0 Å². The number of nitrogens with zero attached hydrogens (tertiary/aromatic N) is 4. The number of aromatic nitrogens is 3. The summed E-state index contributed by atoms with van der Waals surface area (Å²) in [5, 5.41) is 21.0. The molecule has 4 rings (SSSR count). The Labute approximate surface area is 202 Å². The molecule has 1 heterocycles. The minimum atomic E-state index is -0.468. The van der Waals surface area contributed by atoms with Crippen molar-refractivity contribution < 1.29 is 9.53 Å². The van der Waals surface area contributed by atoms with E-state index in [1.807, 2.05) is 66.9 Å². The van der Waals surface area contributed by atoms with Crippen LogP contribution < -0.4 is 10.1 Å². The number of methoxy groups -OCH3 is 1. The molecule has 0 saturated carbocycles. The first-order chi connectivity index (χ1) is 16.5. The van der Waals surface area contributed by atoms with Gasteiger partial charge in [-0.25, -0.2) is 0 Å². The summed E-state index contributed by atoms with van der Waals surface area (Å²) in [6.45, 7) is 3.84. The number of benzene rings is 3. The van der Waals surface area contributed by atoms with E-state index < -0.39 is 5.25 Å². The molecule has 1 atom stereocenters. The molecule has 4 aromatic rings. The number of nitriles is 1. The smallest absolute Gasteiger partial charge is 0.237 e. The summed E-state index contributed by atoms with van der Waals surface area (Å²) in [6, 6.07) is 24.6. The first-order valence-electron chi connectivity index (χ1n) is 10.6. The van der Waals surface area contributed by atoms with Crippen LogP contribution in [0.4, 0.5) is 5.69 Å². The van der Waals surface area contributed by atoms with Crippen molar-refractivity contribution in [1.29, 1.82) is 5.26 Å². The Bertz CT molecular complexity index is 1360. The standard InChI is InChI=1S/C26H23N5O2S/c1-17-11-13-21(14-12-17)31-24(22-9-4-5-10-23(22)33-3)29-30-26(31)34-18(2)25(32)28-20-8-6-7-19(15-20)16-27/h4-15,18H,1-3H3,(H,28,32). The van der Waals surface area contributed by atoms with Gasteiger partial charge < -0.3 is 10.1 Å². The molecule has 1 aromatic heterocycles. The number of hydrogen-bond donors (Lipinski definition) is 1. The largest absolute Gasteiger partial charge is 0.496 e. The molecule has 0 aliphatic rings. The van der Waals surface area contributed by atoms with Gasteiger partial charge in [-0.05, 0) is 56.3 Å². The van der Waals surface area contributed by atoms with Crippen LogP contribution in [0.3, 0.4) is 0 Å². The van der Waals surface area contributed by atoms with Gasteiger partial charge in [0, 0.05) is 11.4 Å². The zero-order chi connectivity index (χ0) is 24.1. The molecule has 0 spiro atoms. The predicted molar refractivity (Wildman–Crippen MR) is 133 cm³/mol. The van der Waals surface area contributed by atoms with E-state index in [-0.39, 0.29) is 5.91 Å². The zero-order valence-corrected chi connectivity index (χ0v) is 19.8. The third-order valence-corrected chi connectivity index (χ3v) is 6.23. The monoisotopic (exact) mass is 469 g/mol. The number of para-hydroxylation sites is 1. The van der Waals surface area contributed by atoms with Gasteiger partial charge >= 0.3 is 0 Å². The fraction of sp³-hybridized carbons (Fsp3) is 0.154. The van der Waals surface area contributed by atoms with Crippen molar-refractivity contribution in [3.05, 3.63) is 83.9 Å². The number of hydrogen-bond acceptors (Lipinski definition) is 6. The lowest BCUT2D eigenvalue weighted by Crippen LogP contribution is -2.23. The maximum absolute atomic E-state index is 12.9. The highest BCUT2D eigenvalue weighted by Gasteiger charge is 2.23. The maximum Gasteiger partial charge on any atom is 0.237 e. The highest BCUT2D eigenvalue weighted by Crippen LogP contribution is 2.34. The van der Waals surface area contributed by atoms with Crippen LogP contribution in [-0.2, 0) is 4.79 Å². The highest BCUT2D eigenvalue weighted by molar-refractivity contribution is 8.00. The summed E-state index contributed by atoms with van der Waals surface area (Å²) in [5.74, 6) is 1.11. The van der Waals surface area contributed by atoms with E-state index in [1.165, 1.54) is 11.8 Å². The Balaban J connectivity index is 1.67. The third kappa shape index (κ3) is 4.95. The van der Waals surface area contributed by atoms with E-state index >= 15 is 0 Å². The zero-order valence-electron chi connectivity index (χ0n) is 19.0. The van der Waals surface area contributed by atoms with Gasteiger partial charge in [0.25, 0.3) is 0 Å². The van der Waals surface area contributed by atoms with Crippen molar-refractivity contribution in [2.45, 2.75) is 24.3 Å². The van der Waals surface area contributed by atoms with Crippen LogP contribution in [0.1, 0.15) is 18.1 Å². The third-order valence-electron chi connectivity index (χ3n) is 5.18. The maximum atomic E-state index is 12.9. The van der Waals surface area contributed by atoms with Gasteiger partial charge in [-0.15, -0.1) is 10.2 Å². The summed E-state index contributed by atoms with van der Waals surface area (Å²) in [6.07, 6.45) is 0. The van der Waals surface area contributed by atoms with Gasteiger partial charge in [0.05, 0.1) is 29.6 Å². The van der Waals surface area contributed by atoms with Gasteiger partial charge in [0.15, 0.2) is 11.0 Å². The van der Waals surface area contributed by atoms with Crippen molar-refractivity contribution in [1.82, 2.24) is 14.8 Å². The van der Waals surface area contributed by atoms with Crippen molar-refractivity contribution in [2.24, 2.45) is 0 Å². The van der Waals surface area contributed by atoms with Gasteiger partial charge in [0.1, 0.15) is 5.75 Å². The molecule has 3 aromatic carbocycles. The molecule has 0 radical (unpaired) electrons. The second kappa shape index (κ2) is 10.2. The van der Waals surface area contributed by atoms with E-state index in [1.54, 1.807) is 31.4 Å². The molecule has 0 fully saturated rings. The predicted octanol–water partition coefficient (Wildman–Crippen LogP) is 5.24. The molecule has 8 heteroatoms. The van der Waals surface area contributed by atoms with Crippen LogP contribution in [-0.4, -0.2) is 33.0 Å². The molecular formula is C26H23N5O2S.